The van der Waals surface area contributed by atoms with Crippen molar-refractivity contribution >= 4 is 11.8 Å². The Morgan fingerprint density at radius 3 is 2.42 bits per heavy atom. The van der Waals surface area contributed by atoms with Crippen LogP contribution in [0.4, 0.5) is 0 Å². The highest BCUT2D eigenvalue weighted by molar-refractivity contribution is 5.79. The molecule has 0 radical (unpaired) electrons. The number of carbonyl (C=O) groups is 2. The number of esters is 1. The smallest absolute Gasteiger partial charge is 0.302 e. The van der Waals surface area contributed by atoms with Crippen LogP contribution in [0.2, 0.25) is 0 Å². The summed E-state index contributed by atoms with van der Waals surface area (Å²) in [4.78, 5) is 23.6. The Labute approximate surface area is 157 Å². The van der Waals surface area contributed by atoms with Gasteiger partial charge in [-0.15, -0.1) is 0 Å². The molecule has 0 saturated heterocycles. The van der Waals surface area contributed by atoms with Gasteiger partial charge in [0.2, 0.25) is 0 Å². The monoisotopic (exact) mass is 362 g/mol. The van der Waals surface area contributed by atoms with Gasteiger partial charge in [0, 0.05) is 18.3 Å². The molecule has 0 aromatic heterocycles. The third-order valence-corrected chi connectivity index (χ3v) is 8.80. The number of aliphatic hydroxyl groups excluding tert-OH is 1. The fourth-order valence-corrected chi connectivity index (χ4v) is 7.60. The van der Waals surface area contributed by atoms with Crippen LogP contribution in [0, 0.1) is 40.9 Å². The molecule has 0 amide bonds. The molecule has 4 fully saturated rings. The zero-order valence-corrected chi connectivity index (χ0v) is 16.4. The van der Waals surface area contributed by atoms with Crippen molar-refractivity contribution in [2.24, 2.45) is 40.9 Å². The molecule has 4 heteroatoms. The normalized spacial score (nSPS) is 50.3. The van der Waals surface area contributed by atoms with Crippen molar-refractivity contribution in [1.82, 2.24) is 0 Å². The topological polar surface area (TPSA) is 63.6 Å². The lowest BCUT2D eigenvalue weighted by atomic mass is 9.49. The van der Waals surface area contributed by atoms with Crippen LogP contribution in [0.1, 0.15) is 72.1 Å². The molecular formula is C22H34O4. The summed E-state index contributed by atoms with van der Waals surface area (Å²) in [6.45, 7) is 5.53. The van der Waals surface area contributed by atoms with E-state index >= 15 is 0 Å². The molecule has 0 bridgehead atoms. The molecule has 26 heavy (non-hydrogen) atoms. The molecule has 4 rings (SSSR count). The summed E-state index contributed by atoms with van der Waals surface area (Å²) >= 11 is 0. The van der Waals surface area contributed by atoms with Crippen LogP contribution >= 0.6 is 0 Å². The number of Topliss-reactive ketones (excluding diaryl/α,β-unsaturated/α-hetero) is 1. The van der Waals surface area contributed by atoms with Crippen molar-refractivity contribution in [3.63, 3.8) is 0 Å². The summed E-state index contributed by atoms with van der Waals surface area (Å²) in [6.07, 6.45) is 8.30. The van der Waals surface area contributed by atoms with Gasteiger partial charge in [0.15, 0.2) is 0 Å². The molecule has 4 saturated carbocycles. The minimum Gasteiger partial charge on any atom is -0.462 e. The third kappa shape index (κ3) is 2.83. The lowest BCUT2D eigenvalue weighted by Gasteiger charge is -2.56. The second-order valence-electron chi connectivity index (χ2n) is 9.91. The number of ketones is 1. The number of ether oxygens (including phenoxy) is 1. The summed E-state index contributed by atoms with van der Waals surface area (Å²) in [5.74, 6) is 3.11. The van der Waals surface area contributed by atoms with E-state index in [0.717, 1.165) is 25.7 Å². The number of rotatable bonds is 2. The van der Waals surface area contributed by atoms with E-state index in [0.29, 0.717) is 29.6 Å². The number of carbonyl (C=O) groups excluding carboxylic acids is 2. The van der Waals surface area contributed by atoms with Gasteiger partial charge in [-0.25, -0.2) is 0 Å². The zero-order chi connectivity index (χ0) is 18.6. The molecule has 146 valence electrons. The second-order valence-corrected chi connectivity index (χ2v) is 9.91. The van der Waals surface area contributed by atoms with Gasteiger partial charge < -0.3 is 9.84 Å². The van der Waals surface area contributed by atoms with Crippen molar-refractivity contribution in [1.29, 1.82) is 0 Å². The van der Waals surface area contributed by atoms with E-state index in [1.54, 1.807) is 6.92 Å². The lowest BCUT2D eigenvalue weighted by molar-refractivity contribution is -0.158. The van der Waals surface area contributed by atoms with Gasteiger partial charge in [0.25, 0.3) is 0 Å². The van der Waals surface area contributed by atoms with Gasteiger partial charge in [0.1, 0.15) is 11.9 Å². The van der Waals surface area contributed by atoms with E-state index < -0.39 is 6.10 Å². The van der Waals surface area contributed by atoms with Crippen molar-refractivity contribution in [2.75, 3.05) is 0 Å². The van der Waals surface area contributed by atoms with Crippen LogP contribution in [0.3, 0.4) is 0 Å². The first-order valence-corrected chi connectivity index (χ1v) is 10.7. The summed E-state index contributed by atoms with van der Waals surface area (Å²) in [5, 5.41) is 10.4. The van der Waals surface area contributed by atoms with E-state index in [4.69, 9.17) is 4.74 Å². The second kappa shape index (κ2) is 6.61. The number of aliphatic hydroxyl groups is 1. The van der Waals surface area contributed by atoms with E-state index in [-0.39, 0.29) is 29.2 Å². The number of fused-ring (bicyclic) bond motifs is 5. The maximum atomic E-state index is 12.0. The average Bonchev–Trinajstić information content (AvgIpc) is 2.89. The van der Waals surface area contributed by atoms with E-state index in [2.05, 4.69) is 6.92 Å². The Morgan fingerprint density at radius 2 is 1.73 bits per heavy atom. The van der Waals surface area contributed by atoms with Crippen LogP contribution in [0.25, 0.3) is 0 Å². The van der Waals surface area contributed by atoms with Crippen molar-refractivity contribution in [3.05, 3.63) is 0 Å². The summed E-state index contributed by atoms with van der Waals surface area (Å²) in [7, 11) is 0. The Morgan fingerprint density at radius 1 is 0.962 bits per heavy atom. The lowest BCUT2D eigenvalue weighted by Crippen LogP contribution is -2.52. The molecule has 0 aromatic carbocycles. The Balaban J connectivity index is 1.54. The summed E-state index contributed by atoms with van der Waals surface area (Å²) < 4.78 is 5.72. The molecule has 4 aliphatic carbocycles. The minimum atomic E-state index is -0.431. The third-order valence-electron chi connectivity index (χ3n) is 8.80. The first-order chi connectivity index (χ1) is 12.3. The largest absolute Gasteiger partial charge is 0.462 e. The first kappa shape index (κ1) is 18.5. The van der Waals surface area contributed by atoms with Crippen molar-refractivity contribution in [3.8, 4) is 0 Å². The van der Waals surface area contributed by atoms with Crippen LogP contribution < -0.4 is 0 Å². The van der Waals surface area contributed by atoms with Gasteiger partial charge in [-0.05, 0) is 87.9 Å². The van der Waals surface area contributed by atoms with Gasteiger partial charge in [-0.2, -0.15) is 0 Å². The van der Waals surface area contributed by atoms with Gasteiger partial charge in [-0.3, -0.25) is 9.59 Å². The summed E-state index contributed by atoms with van der Waals surface area (Å²) in [6, 6.07) is 0. The average molecular weight is 363 g/mol. The van der Waals surface area contributed by atoms with E-state index in [9.17, 15) is 14.7 Å². The van der Waals surface area contributed by atoms with Crippen LogP contribution in [0.15, 0.2) is 0 Å². The molecule has 7 unspecified atom stereocenters. The van der Waals surface area contributed by atoms with E-state index in [1.807, 2.05) is 0 Å². The van der Waals surface area contributed by atoms with Crippen LogP contribution in [-0.2, 0) is 14.3 Å². The van der Waals surface area contributed by atoms with Gasteiger partial charge in [-0.1, -0.05) is 6.92 Å². The maximum Gasteiger partial charge on any atom is 0.302 e. The first-order valence-electron chi connectivity index (χ1n) is 10.7. The number of hydrogen-bond donors (Lipinski definition) is 1. The highest BCUT2D eigenvalue weighted by Gasteiger charge is 2.58. The summed E-state index contributed by atoms with van der Waals surface area (Å²) in [5.41, 5.74) is 0.133. The molecule has 0 heterocycles. The minimum absolute atomic E-state index is 0.0850. The molecule has 4 aliphatic rings. The molecule has 0 aliphatic heterocycles. The molecule has 0 spiro atoms. The quantitative estimate of drug-likeness (QED) is 0.760. The fraction of sp³-hybridized carbons (Fsp3) is 0.909. The molecule has 4 nitrogen and oxygen atoms in total. The predicted octanol–water partition coefficient (Wildman–Crippen LogP) is 3.75. The number of hydrogen-bond acceptors (Lipinski definition) is 4. The zero-order valence-electron chi connectivity index (χ0n) is 16.4. The molecule has 0 aromatic rings. The maximum absolute atomic E-state index is 12.0. The molecule has 1 N–H and O–H groups in total. The van der Waals surface area contributed by atoms with Gasteiger partial charge in [0.05, 0.1) is 6.10 Å². The molecular weight excluding hydrogens is 328 g/mol. The van der Waals surface area contributed by atoms with Crippen molar-refractivity contribution in [2.45, 2.75) is 84.3 Å². The van der Waals surface area contributed by atoms with Crippen LogP contribution in [0.5, 0.6) is 0 Å². The van der Waals surface area contributed by atoms with Crippen LogP contribution in [-0.4, -0.2) is 29.1 Å². The standard InChI is InChI=1S/C22H34O4/c1-12(23)17-11-18-14(10-20(17)25)4-5-16-15(18)8-9-22(3)19(16)6-7-21(22)26-13(2)24/h14-21,25H,4-11H2,1-3H3/t14?,15?,16?,17?,18?,19?,20?,21-,22-/m0/s1. The highest BCUT2D eigenvalue weighted by atomic mass is 16.5. The Bertz CT molecular complexity index is 587. The molecule has 9 atom stereocenters. The predicted molar refractivity (Wildman–Crippen MR) is 98.2 cm³/mol. The Kier molecular flexibility index (Phi) is 4.70. The SMILES string of the molecule is CC(=O)O[C@H]1CCC2C3CCC4CC(O)C(C(C)=O)CC4C3CC[C@@]21C. The fourth-order valence-electron chi connectivity index (χ4n) is 7.60. The Hall–Kier alpha value is -0.900. The van der Waals surface area contributed by atoms with Gasteiger partial charge >= 0.3 is 5.97 Å². The van der Waals surface area contributed by atoms with Crippen molar-refractivity contribution < 1.29 is 19.4 Å². The highest BCUT2D eigenvalue weighted by Crippen LogP contribution is 2.63. The van der Waals surface area contributed by atoms with E-state index in [1.165, 1.54) is 32.6 Å².